The van der Waals surface area contributed by atoms with Crippen LogP contribution in [0.25, 0.3) is 65.4 Å². The van der Waals surface area contributed by atoms with Crippen LogP contribution in [-0.4, -0.2) is 116 Å². The Bertz CT molecular complexity index is 4560. The Labute approximate surface area is 535 Å². The number of benzene rings is 6. The number of para-hydroxylation sites is 2. The van der Waals surface area contributed by atoms with Crippen LogP contribution in [0.1, 0.15) is 99.9 Å². The van der Waals surface area contributed by atoms with Gasteiger partial charge in [0, 0.05) is 141 Å². The number of phenolic OH excluding ortho intramolecular Hbond substituents is 1. The van der Waals surface area contributed by atoms with E-state index in [9.17, 15) is 5.11 Å². The van der Waals surface area contributed by atoms with Crippen LogP contribution in [0.5, 0.6) is 11.5 Å². The minimum absolute atomic E-state index is 0. The number of ether oxygens (including phenoxy) is 2. The Morgan fingerprint density at radius 2 is 0.868 bits per heavy atom. The number of hydrogen-bond donors (Lipinski definition) is 12. The maximum Gasteiger partial charge on any atom is 0.233 e. The van der Waals surface area contributed by atoms with Crippen molar-refractivity contribution in [2.24, 2.45) is 15.0 Å². The molecule has 6 aliphatic heterocycles. The molecule has 0 saturated heterocycles. The number of aliphatic hydroxyl groups excluding tert-OH is 2. The first kappa shape index (κ1) is 63.6. The van der Waals surface area contributed by atoms with Gasteiger partial charge in [0.05, 0.1) is 50.2 Å². The van der Waals surface area contributed by atoms with Gasteiger partial charge in [-0.05, 0) is 170 Å². The first-order chi connectivity index (χ1) is 43.7. The molecule has 0 saturated carbocycles. The van der Waals surface area contributed by atoms with Gasteiger partial charge < -0.3 is 70.6 Å². The number of phenols is 1. The van der Waals surface area contributed by atoms with E-state index in [0.717, 1.165) is 165 Å². The summed E-state index contributed by atoms with van der Waals surface area (Å²) in [5.41, 5.74) is 26.8. The van der Waals surface area contributed by atoms with E-state index in [4.69, 9.17) is 19.7 Å². The Hall–Kier alpha value is -8.94. The number of aromatic nitrogens is 6. The van der Waals surface area contributed by atoms with E-state index in [1.54, 1.807) is 26.4 Å². The Balaban J connectivity index is 0.000000112. The molecule has 0 spiro atoms. The zero-order valence-electron chi connectivity index (χ0n) is 51.5. The molecule has 18 rings (SSSR count). The molecular formula is C73H83ClN12O5. The first-order valence-electron chi connectivity index (χ1n) is 31.1. The van der Waals surface area contributed by atoms with Crippen LogP contribution in [0.4, 0.5) is 0 Å². The second-order valence-corrected chi connectivity index (χ2v) is 23.3. The summed E-state index contributed by atoms with van der Waals surface area (Å²) in [7, 11) is 3.37. The highest BCUT2D eigenvalue weighted by atomic mass is 35.5. The number of nitrogens with zero attached hydrogens (tertiary/aromatic N) is 3. The third kappa shape index (κ3) is 13.2. The van der Waals surface area contributed by atoms with Crippen LogP contribution in [0, 0.1) is 0 Å². The van der Waals surface area contributed by atoms with Crippen molar-refractivity contribution < 1.29 is 24.8 Å². The number of hydrogen-bond acceptors (Lipinski definition) is 11. The average Bonchev–Trinajstić information content (AvgIpc) is 1.80. The van der Waals surface area contributed by atoms with Crippen LogP contribution in [0.3, 0.4) is 0 Å². The standard InChI is InChI=1S/C13H14N2O.C12H14N2O.2C12H12N2O.C12H14N2O.C11H12N2.CH4.ClH/c1-8-13-10(4-5-14-8)11-6-9(7-16)2-3-12(11)15-13;1-15-8-2-3-11-9(6-8)10-7-13-5-4-12(10)14-11;1-7-12-10(4-5-13-7)9-3-2-8(15)6-11(9)14-12;1-15-12-11-9(6-7-13-12)8-4-2-3-5-10(8)14-11;15-7-8-1-2-11-10(5-8)9-3-4-13-6-12(9)14-11;1-2-4-10-8(3-1)9-5-6-12-7-11(9)13-10;;/h2-3,6,15-16H,4-5,7H2,1H3;2-3,6,13-14H,4-5,7H2,1H3;2-3,6,14-15H,4-5H2,1H3;2-5,14H,6-7H2,1H3;1-2,5,13-15H,3-4,6-7H2;1-4,12-13H,5-7H2;1H4;1H. The van der Waals surface area contributed by atoms with Crippen molar-refractivity contribution in [2.45, 2.75) is 92.6 Å². The lowest BCUT2D eigenvalue weighted by Gasteiger charge is -2.12. The second kappa shape index (κ2) is 28.5. The lowest BCUT2D eigenvalue weighted by Crippen LogP contribution is -2.22. The van der Waals surface area contributed by atoms with Crippen molar-refractivity contribution in [2.75, 3.05) is 53.5 Å². The van der Waals surface area contributed by atoms with Crippen molar-refractivity contribution in [3.8, 4) is 11.5 Å². The zero-order valence-corrected chi connectivity index (χ0v) is 52.3. The molecule has 12 N–H and O–H groups in total. The predicted octanol–water partition coefficient (Wildman–Crippen LogP) is 12.4. The van der Waals surface area contributed by atoms with Crippen molar-refractivity contribution in [3.63, 3.8) is 0 Å². The van der Waals surface area contributed by atoms with E-state index in [-0.39, 0.29) is 33.0 Å². The largest absolute Gasteiger partial charge is 0.508 e. The first-order valence-corrected chi connectivity index (χ1v) is 31.1. The molecule has 0 aliphatic carbocycles. The van der Waals surface area contributed by atoms with Crippen LogP contribution >= 0.6 is 12.4 Å². The molecule has 0 radical (unpaired) electrons. The normalized spacial score (nSPS) is 14.9. The molecular weight excluding hydrogens is 1160 g/mol. The molecule has 12 heterocycles. The van der Waals surface area contributed by atoms with E-state index < -0.39 is 0 Å². The number of aliphatic hydroxyl groups is 2. The number of rotatable bonds is 3. The maximum atomic E-state index is 9.41. The third-order valence-electron chi connectivity index (χ3n) is 17.9. The topological polar surface area (TPSA) is 247 Å². The SMILES string of the molecule is C.CC1=NCCc2c1[nH]c1cc(O)ccc21.CC1=NCCc2c1[nH]c1ccc(CO)cc21.COC1=NCCc2c1[nH]c1ccccc21.COc1ccc2[nH]c3c(c2c1)CNCC3.Cl.OCc1ccc2[nH]c3c(c2c1)CCNC3.c1ccc2c3c([nH]c2c1)CNCC3. The molecule has 6 aromatic heterocycles. The van der Waals surface area contributed by atoms with Crippen molar-refractivity contribution in [1.29, 1.82) is 0 Å². The lowest BCUT2D eigenvalue weighted by atomic mass is 10.0. The Morgan fingerprint density at radius 3 is 1.49 bits per heavy atom. The number of aromatic hydroxyl groups is 1. The summed E-state index contributed by atoms with van der Waals surface area (Å²) in [5, 5.41) is 45.5. The fourth-order valence-corrected chi connectivity index (χ4v) is 13.4. The van der Waals surface area contributed by atoms with E-state index in [1.807, 2.05) is 50.2 Å². The van der Waals surface area contributed by atoms with Crippen LogP contribution in [-0.2, 0) is 76.1 Å². The second-order valence-electron chi connectivity index (χ2n) is 23.3. The number of H-pyrrole nitrogens is 6. The smallest absolute Gasteiger partial charge is 0.233 e. The summed E-state index contributed by atoms with van der Waals surface area (Å²) in [6.45, 7) is 12.9. The fourth-order valence-electron chi connectivity index (χ4n) is 13.4. The molecule has 0 atom stereocenters. The van der Waals surface area contributed by atoms with Crippen molar-refractivity contribution >= 4 is 95.1 Å². The van der Waals surface area contributed by atoms with Gasteiger partial charge in [-0.25, -0.2) is 4.99 Å². The van der Waals surface area contributed by atoms with Crippen molar-refractivity contribution in [3.05, 3.63) is 200 Å². The Kier molecular flexibility index (Phi) is 19.9. The van der Waals surface area contributed by atoms with Crippen LogP contribution < -0.4 is 20.7 Å². The molecule has 6 aliphatic rings. The number of fused-ring (bicyclic) bond motifs is 18. The molecule has 12 aromatic rings. The van der Waals surface area contributed by atoms with Gasteiger partial charge in [0.2, 0.25) is 5.90 Å². The number of methoxy groups -OCH3 is 2. The lowest BCUT2D eigenvalue weighted by molar-refractivity contribution is 0.282. The molecule has 0 bridgehead atoms. The molecule has 17 nitrogen and oxygen atoms in total. The number of aromatic amines is 6. The van der Waals surface area contributed by atoms with Gasteiger partial charge in [-0.15, -0.1) is 12.4 Å². The van der Waals surface area contributed by atoms with Crippen molar-refractivity contribution in [1.82, 2.24) is 45.9 Å². The number of halogens is 1. The van der Waals surface area contributed by atoms with Gasteiger partial charge in [0.15, 0.2) is 0 Å². The van der Waals surface area contributed by atoms with Gasteiger partial charge in [-0.1, -0.05) is 56.0 Å². The quantitative estimate of drug-likeness (QED) is 0.0809. The van der Waals surface area contributed by atoms with Crippen LogP contribution in [0.15, 0.2) is 136 Å². The van der Waals surface area contributed by atoms with Gasteiger partial charge in [-0.2, -0.15) is 0 Å². The summed E-state index contributed by atoms with van der Waals surface area (Å²) in [6.07, 6.45) is 6.28. The van der Waals surface area contributed by atoms with Gasteiger partial charge in [0.1, 0.15) is 17.2 Å². The number of nitrogens with one attached hydrogen (secondary N) is 9. The number of aliphatic imine (C=N–C) groups is 3. The molecule has 0 unspecified atom stereocenters. The molecule has 472 valence electrons. The average molecular weight is 1240 g/mol. The van der Waals surface area contributed by atoms with E-state index in [0.29, 0.717) is 5.75 Å². The van der Waals surface area contributed by atoms with E-state index in [1.165, 1.54) is 99.3 Å². The minimum atomic E-state index is 0. The predicted molar refractivity (Wildman–Crippen MR) is 374 cm³/mol. The monoisotopic (exact) mass is 1240 g/mol. The molecule has 18 heteroatoms. The molecule has 91 heavy (non-hydrogen) atoms. The summed E-state index contributed by atoms with van der Waals surface area (Å²) < 4.78 is 10.5. The Morgan fingerprint density at radius 1 is 0.407 bits per heavy atom. The van der Waals surface area contributed by atoms with Gasteiger partial charge >= 0.3 is 0 Å². The highest BCUT2D eigenvalue weighted by Gasteiger charge is 2.22. The maximum absolute atomic E-state index is 9.41. The van der Waals surface area contributed by atoms with E-state index >= 15 is 0 Å². The van der Waals surface area contributed by atoms with Gasteiger partial charge in [0.25, 0.3) is 0 Å². The molecule has 0 amide bonds. The van der Waals surface area contributed by atoms with Gasteiger partial charge in [-0.3, -0.25) is 9.98 Å². The highest BCUT2D eigenvalue weighted by molar-refractivity contribution is 6.06. The third-order valence-corrected chi connectivity index (χ3v) is 17.9. The summed E-state index contributed by atoms with van der Waals surface area (Å²) in [5.74, 6) is 1.96. The summed E-state index contributed by atoms with van der Waals surface area (Å²) in [4.78, 5) is 33.6. The highest BCUT2D eigenvalue weighted by Crippen LogP contribution is 2.33. The minimum Gasteiger partial charge on any atom is -0.508 e. The summed E-state index contributed by atoms with van der Waals surface area (Å²) in [6, 6.07) is 40.7. The fraction of sp³-hybridized carbons (Fsp3) is 0.301. The summed E-state index contributed by atoms with van der Waals surface area (Å²) >= 11 is 0. The zero-order chi connectivity index (χ0) is 61.0. The molecule has 0 fully saturated rings. The van der Waals surface area contributed by atoms with E-state index in [2.05, 4.69) is 134 Å². The molecule has 6 aromatic carbocycles. The van der Waals surface area contributed by atoms with Crippen LogP contribution in [0.2, 0.25) is 0 Å².